The second kappa shape index (κ2) is 2.82. The van der Waals surface area contributed by atoms with E-state index in [0.29, 0.717) is 0 Å². The molecule has 4 nitrogen and oxygen atoms in total. The van der Waals surface area contributed by atoms with Crippen LogP contribution >= 0.6 is 0 Å². The fourth-order valence-corrected chi connectivity index (χ4v) is 0.559. The van der Waals surface area contributed by atoms with Crippen LogP contribution in [0.2, 0.25) is 0 Å². The Labute approximate surface area is 58.0 Å². The van der Waals surface area contributed by atoms with Gasteiger partial charge in [0, 0.05) is 6.20 Å². The average Bonchev–Trinajstić information content (AvgIpc) is 1.94. The summed E-state index contributed by atoms with van der Waals surface area (Å²) in [4.78, 5) is 7.34. The lowest BCUT2D eigenvalue weighted by Crippen LogP contribution is -1.87. The molecule has 1 aromatic heterocycles. The largest absolute Gasteiger partial charge is 0.504 e. The molecule has 0 atom stereocenters. The van der Waals surface area contributed by atoms with Crippen molar-refractivity contribution in [3.63, 3.8) is 0 Å². The van der Waals surface area contributed by atoms with E-state index in [9.17, 15) is 0 Å². The first-order valence-electron chi connectivity index (χ1n) is 2.73. The van der Waals surface area contributed by atoms with Crippen molar-refractivity contribution in [1.29, 1.82) is 0 Å². The molecule has 0 bridgehead atoms. The first-order chi connectivity index (χ1) is 4.84. The van der Waals surface area contributed by atoms with Gasteiger partial charge in [0.05, 0.1) is 6.34 Å². The Morgan fingerprint density at radius 1 is 1.70 bits per heavy atom. The monoisotopic (exact) mass is 137 g/mol. The molecular weight excluding hydrogens is 130 g/mol. The average molecular weight is 137 g/mol. The molecular formula is C6H7N3O. The minimum atomic E-state index is 0.0317. The molecule has 4 heteroatoms. The van der Waals surface area contributed by atoms with Crippen molar-refractivity contribution in [2.24, 2.45) is 10.7 Å². The summed E-state index contributed by atoms with van der Waals surface area (Å²) in [6.45, 7) is 0. The van der Waals surface area contributed by atoms with Gasteiger partial charge in [-0.05, 0) is 12.1 Å². The van der Waals surface area contributed by atoms with Crippen molar-refractivity contribution in [3.05, 3.63) is 18.3 Å². The maximum Gasteiger partial charge on any atom is 0.196 e. The number of aromatic hydroxyl groups is 1. The van der Waals surface area contributed by atoms with E-state index in [4.69, 9.17) is 10.8 Å². The Balaban J connectivity index is 3.03. The molecule has 1 aromatic rings. The van der Waals surface area contributed by atoms with E-state index in [-0.39, 0.29) is 11.6 Å². The molecule has 1 rings (SSSR count). The van der Waals surface area contributed by atoms with Crippen molar-refractivity contribution in [3.8, 4) is 5.75 Å². The molecule has 0 aliphatic heterocycles. The van der Waals surface area contributed by atoms with E-state index in [1.54, 1.807) is 6.07 Å². The third-order valence-electron chi connectivity index (χ3n) is 0.963. The number of nitrogens with zero attached hydrogens (tertiary/aromatic N) is 2. The Hall–Kier alpha value is -1.58. The Morgan fingerprint density at radius 2 is 2.50 bits per heavy atom. The zero-order valence-electron chi connectivity index (χ0n) is 5.23. The van der Waals surface area contributed by atoms with Crippen molar-refractivity contribution in [2.75, 3.05) is 0 Å². The molecule has 0 aliphatic rings. The number of rotatable bonds is 1. The third kappa shape index (κ3) is 1.22. The van der Waals surface area contributed by atoms with Gasteiger partial charge in [-0.15, -0.1) is 0 Å². The first kappa shape index (κ1) is 6.54. The molecule has 0 saturated heterocycles. The van der Waals surface area contributed by atoms with E-state index in [1.165, 1.54) is 12.3 Å². The molecule has 3 N–H and O–H groups in total. The summed E-state index contributed by atoms with van der Waals surface area (Å²) in [5, 5.41) is 9.01. The van der Waals surface area contributed by atoms with Crippen LogP contribution in [0.1, 0.15) is 0 Å². The van der Waals surface area contributed by atoms with Gasteiger partial charge in [-0.3, -0.25) is 0 Å². The molecule has 0 amide bonds. The summed E-state index contributed by atoms with van der Waals surface area (Å²) in [6, 6.07) is 3.11. The zero-order chi connectivity index (χ0) is 7.40. The number of nitrogens with two attached hydrogens (primary N) is 1. The maximum atomic E-state index is 9.01. The molecule has 10 heavy (non-hydrogen) atoms. The Bertz CT molecular complexity index is 247. The van der Waals surface area contributed by atoms with Crippen LogP contribution in [-0.2, 0) is 0 Å². The number of aliphatic imine (C=N–C) groups is 1. The molecule has 0 saturated carbocycles. The number of aromatic nitrogens is 1. The standard InChI is InChI=1S/C6H7N3O/c7-4-9-6-5(10)2-1-3-8-6/h1-4,10H,(H2,7,8,9). The van der Waals surface area contributed by atoms with Crippen LogP contribution in [0.3, 0.4) is 0 Å². The molecule has 0 fully saturated rings. The van der Waals surface area contributed by atoms with Crippen LogP contribution in [0.25, 0.3) is 0 Å². The molecule has 0 aliphatic carbocycles. The predicted octanol–water partition coefficient (Wildman–Crippen LogP) is 0.406. The summed E-state index contributed by atoms with van der Waals surface area (Å²) in [6.07, 6.45) is 2.62. The summed E-state index contributed by atoms with van der Waals surface area (Å²) in [5.74, 6) is 0.272. The second-order valence-electron chi connectivity index (χ2n) is 1.62. The molecule has 0 spiro atoms. The highest BCUT2D eigenvalue weighted by atomic mass is 16.3. The summed E-state index contributed by atoms with van der Waals surface area (Å²) < 4.78 is 0. The van der Waals surface area contributed by atoms with E-state index in [2.05, 4.69) is 9.98 Å². The van der Waals surface area contributed by atoms with Gasteiger partial charge in [-0.1, -0.05) is 0 Å². The fourth-order valence-electron chi connectivity index (χ4n) is 0.559. The maximum absolute atomic E-state index is 9.01. The number of pyridine rings is 1. The van der Waals surface area contributed by atoms with Crippen LogP contribution in [0.5, 0.6) is 5.75 Å². The summed E-state index contributed by atoms with van der Waals surface area (Å²) >= 11 is 0. The highest BCUT2D eigenvalue weighted by molar-refractivity contribution is 5.59. The van der Waals surface area contributed by atoms with Crippen LogP contribution < -0.4 is 5.73 Å². The zero-order valence-corrected chi connectivity index (χ0v) is 5.23. The SMILES string of the molecule is NC=Nc1ncccc1O. The van der Waals surface area contributed by atoms with Crippen LogP contribution in [0, 0.1) is 0 Å². The third-order valence-corrected chi connectivity index (χ3v) is 0.963. The lowest BCUT2D eigenvalue weighted by molar-refractivity contribution is 0.474. The van der Waals surface area contributed by atoms with Gasteiger partial charge >= 0.3 is 0 Å². The van der Waals surface area contributed by atoms with Crippen LogP contribution in [0.4, 0.5) is 5.82 Å². The lowest BCUT2D eigenvalue weighted by atomic mass is 10.4. The minimum Gasteiger partial charge on any atom is -0.504 e. The van der Waals surface area contributed by atoms with E-state index in [0.717, 1.165) is 6.34 Å². The fraction of sp³-hybridized carbons (Fsp3) is 0. The van der Waals surface area contributed by atoms with Gasteiger partial charge in [-0.2, -0.15) is 0 Å². The molecule has 0 radical (unpaired) electrons. The highest BCUT2D eigenvalue weighted by Crippen LogP contribution is 2.20. The van der Waals surface area contributed by atoms with Gasteiger partial charge < -0.3 is 10.8 Å². The molecule has 0 aromatic carbocycles. The molecule has 0 unspecified atom stereocenters. The van der Waals surface area contributed by atoms with Crippen molar-refractivity contribution in [1.82, 2.24) is 4.98 Å². The van der Waals surface area contributed by atoms with Crippen LogP contribution in [-0.4, -0.2) is 16.4 Å². The van der Waals surface area contributed by atoms with E-state index in [1.807, 2.05) is 0 Å². The Morgan fingerprint density at radius 3 is 3.10 bits per heavy atom. The smallest absolute Gasteiger partial charge is 0.196 e. The van der Waals surface area contributed by atoms with Crippen molar-refractivity contribution in [2.45, 2.75) is 0 Å². The first-order valence-corrected chi connectivity index (χ1v) is 2.73. The van der Waals surface area contributed by atoms with Gasteiger partial charge in [0.2, 0.25) is 0 Å². The lowest BCUT2D eigenvalue weighted by Gasteiger charge is -1.92. The van der Waals surface area contributed by atoms with Gasteiger partial charge in [-0.25, -0.2) is 9.98 Å². The van der Waals surface area contributed by atoms with Crippen molar-refractivity contribution >= 4 is 12.2 Å². The summed E-state index contributed by atoms with van der Waals surface area (Å²) in [7, 11) is 0. The van der Waals surface area contributed by atoms with Gasteiger partial charge in [0.25, 0.3) is 0 Å². The summed E-state index contributed by atoms with van der Waals surface area (Å²) in [5.41, 5.74) is 4.99. The number of hydrogen-bond donors (Lipinski definition) is 2. The molecule has 52 valence electrons. The predicted molar refractivity (Wildman–Crippen MR) is 38.2 cm³/mol. The molecule has 1 heterocycles. The van der Waals surface area contributed by atoms with Gasteiger partial charge in [0.1, 0.15) is 0 Å². The normalized spacial score (nSPS) is 10.4. The highest BCUT2D eigenvalue weighted by Gasteiger charge is 1.94. The second-order valence-corrected chi connectivity index (χ2v) is 1.62. The Kier molecular flexibility index (Phi) is 1.84. The number of hydrogen-bond acceptors (Lipinski definition) is 3. The minimum absolute atomic E-state index is 0.0317. The quantitative estimate of drug-likeness (QED) is 0.435. The topological polar surface area (TPSA) is 71.5 Å². The van der Waals surface area contributed by atoms with Crippen LogP contribution in [0.15, 0.2) is 23.3 Å². The van der Waals surface area contributed by atoms with Crippen molar-refractivity contribution < 1.29 is 5.11 Å². The van der Waals surface area contributed by atoms with E-state index < -0.39 is 0 Å². The van der Waals surface area contributed by atoms with E-state index >= 15 is 0 Å². The van der Waals surface area contributed by atoms with Gasteiger partial charge in [0.15, 0.2) is 11.6 Å².